The Hall–Kier alpha value is -1.72. The van der Waals surface area contributed by atoms with Crippen LogP contribution in [0.2, 0.25) is 0 Å². The van der Waals surface area contributed by atoms with Crippen molar-refractivity contribution in [3.8, 4) is 11.1 Å². The lowest BCUT2D eigenvalue weighted by Gasteiger charge is -2.33. The molecule has 4 heteroatoms. The molecule has 0 unspecified atom stereocenters. The Morgan fingerprint density at radius 3 is 2.65 bits per heavy atom. The molecule has 2 fully saturated rings. The van der Waals surface area contributed by atoms with Gasteiger partial charge in [-0.3, -0.25) is 9.80 Å². The number of ether oxygens (including phenoxy) is 1. The van der Waals surface area contributed by atoms with Gasteiger partial charge in [0.2, 0.25) is 0 Å². The second-order valence-corrected chi connectivity index (χ2v) is 7.80. The largest absolute Gasteiger partial charge is 0.390 e. The van der Waals surface area contributed by atoms with Gasteiger partial charge in [0.05, 0.1) is 19.3 Å². The third-order valence-electron chi connectivity index (χ3n) is 6.11. The molecule has 5 rings (SSSR count). The summed E-state index contributed by atoms with van der Waals surface area (Å²) in [6.45, 7) is 6.07. The lowest BCUT2D eigenvalue weighted by atomic mass is 10.0. The van der Waals surface area contributed by atoms with E-state index in [1.165, 1.54) is 27.8 Å². The Bertz CT molecular complexity index is 800. The van der Waals surface area contributed by atoms with Crippen LogP contribution in [-0.4, -0.2) is 66.4 Å². The molecule has 2 saturated heterocycles. The van der Waals surface area contributed by atoms with E-state index in [4.69, 9.17) is 4.74 Å². The molecule has 2 aromatic carbocycles. The summed E-state index contributed by atoms with van der Waals surface area (Å²) in [5.74, 6) is 0. The normalized spacial score (nSPS) is 26.0. The summed E-state index contributed by atoms with van der Waals surface area (Å²) in [7, 11) is 0. The van der Waals surface area contributed by atoms with Gasteiger partial charge in [-0.05, 0) is 34.2 Å². The first-order valence-corrected chi connectivity index (χ1v) is 9.70. The van der Waals surface area contributed by atoms with Crippen molar-refractivity contribution in [2.75, 3.05) is 39.4 Å². The van der Waals surface area contributed by atoms with Crippen LogP contribution in [0.1, 0.15) is 16.7 Å². The number of fused-ring (bicyclic) bond motifs is 3. The summed E-state index contributed by atoms with van der Waals surface area (Å²) in [6.07, 6.45) is 0.782. The summed E-state index contributed by atoms with van der Waals surface area (Å²) in [5, 5.41) is 10.5. The van der Waals surface area contributed by atoms with E-state index in [2.05, 4.69) is 52.3 Å². The van der Waals surface area contributed by atoms with Crippen LogP contribution >= 0.6 is 0 Å². The third kappa shape index (κ3) is 2.97. The van der Waals surface area contributed by atoms with Crippen LogP contribution in [0.4, 0.5) is 0 Å². The van der Waals surface area contributed by atoms with E-state index < -0.39 is 0 Å². The van der Waals surface area contributed by atoms with Crippen molar-refractivity contribution in [2.24, 2.45) is 0 Å². The van der Waals surface area contributed by atoms with Crippen LogP contribution in [0.3, 0.4) is 0 Å². The molecular formula is C22H26N2O2. The van der Waals surface area contributed by atoms with Gasteiger partial charge < -0.3 is 9.84 Å². The molecule has 136 valence electrons. The summed E-state index contributed by atoms with van der Waals surface area (Å²) in [4.78, 5) is 4.79. The van der Waals surface area contributed by atoms with Crippen molar-refractivity contribution in [3.63, 3.8) is 0 Å². The molecule has 0 saturated carbocycles. The first kappa shape index (κ1) is 16.5. The predicted molar refractivity (Wildman–Crippen MR) is 102 cm³/mol. The fourth-order valence-electron chi connectivity index (χ4n) is 4.80. The number of nitrogens with zero attached hydrogens (tertiary/aromatic N) is 2. The van der Waals surface area contributed by atoms with Crippen LogP contribution < -0.4 is 0 Å². The average Bonchev–Trinajstić information content (AvgIpc) is 3.22. The van der Waals surface area contributed by atoms with Gasteiger partial charge in [0, 0.05) is 38.8 Å². The summed E-state index contributed by atoms with van der Waals surface area (Å²) in [5.41, 5.74) is 7.00. The fourth-order valence-corrected chi connectivity index (χ4v) is 4.80. The highest BCUT2D eigenvalue weighted by Gasteiger charge is 2.36. The zero-order valence-corrected chi connectivity index (χ0v) is 15.1. The van der Waals surface area contributed by atoms with E-state index in [1.54, 1.807) is 0 Å². The molecule has 1 N–H and O–H groups in total. The molecule has 2 heterocycles. The molecule has 0 amide bonds. The zero-order valence-electron chi connectivity index (χ0n) is 15.1. The number of β-amino-alcohol motifs (C(OH)–C–C–N with tert-alkyl or cyclic N) is 1. The van der Waals surface area contributed by atoms with E-state index in [-0.39, 0.29) is 12.1 Å². The Morgan fingerprint density at radius 2 is 1.77 bits per heavy atom. The molecule has 0 spiro atoms. The summed E-state index contributed by atoms with van der Waals surface area (Å²) in [6, 6.07) is 15.9. The Kier molecular flexibility index (Phi) is 4.29. The van der Waals surface area contributed by atoms with Crippen molar-refractivity contribution in [1.29, 1.82) is 0 Å². The number of morpholine rings is 1. The molecule has 3 aliphatic rings. The van der Waals surface area contributed by atoms with Crippen LogP contribution in [0.15, 0.2) is 42.5 Å². The summed E-state index contributed by atoms with van der Waals surface area (Å²) >= 11 is 0. The summed E-state index contributed by atoms with van der Waals surface area (Å²) < 4.78 is 5.45. The number of likely N-dealkylation sites (tertiary alicyclic amines) is 1. The molecule has 26 heavy (non-hydrogen) atoms. The predicted octanol–water partition coefficient (Wildman–Crippen LogP) is 2.14. The standard InChI is InChI=1S/C22H26N2O2/c25-22-15-23(14-21(22)24-7-9-26-10-8-24)13-16-5-6-20-18(11-16)12-17-3-1-2-4-19(17)20/h1-6,11,21-22,25H,7-10,12-15H2/t21-,22-/m0/s1. The molecule has 2 atom stereocenters. The molecule has 1 aliphatic carbocycles. The van der Waals surface area contributed by atoms with Gasteiger partial charge in [-0.25, -0.2) is 0 Å². The van der Waals surface area contributed by atoms with Gasteiger partial charge >= 0.3 is 0 Å². The molecule has 0 radical (unpaired) electrons. The van der Waals surface area contributed by atoms with E-state index >= 15 is 0 Å². The van der Waals surface area contributed by atoms with E-state index in [9.17, 15) is 5.11 Å². The maximum Gasteiger partial charge on any atom is 0.0834 e. The molecule has 2 aliphatic heterocycles. The maximum absolute atomic E-state index is 10.5. The number of hydrogen-bond acceptors (Lipinski definition) is 4. The third-order valence-corrected chi connectivity index (χ3v) is 6.11. The van der Waals surface area contributed by atoms with Crippen molar-refractivity contribution in [2.45, 2.75) is 25.1 Å². The minimum Gasteiger partial charge on any atom is -0.390 e. The highest BCUT2D eigenvalue weighted by atomic mass is 16.5. The Labute approximate surface area is 155 Å². The van der Waals surface area contributed by atoms with Crippen molar-refractivity contribution < 1.29 is 9.84 Å². The van der Waals surface area contributed by atoms with Gasteiger partial charge in [-0.1, -0.05) is 42.5 Å². The second kappa shape index (κ2) is 6.78. The van der Waals surface area contributed by atoms with Gasteiger partial charge in [0.1, 0.15) is 0 Å². The Morgan fingerprint density at radius 1 is 0.962 bits per heavy atom. The number of rotatable bonds is 3. The van der Waals surface area contributed by atoms with Crippen LogP contribution in [0.5, 0.6) is 0 Å². The highest BCUT2D eigenvalue weighted by molar-refractivity contribution is 5.76. The number of aliphatic hydroxyl groups excluding tert-OH is 1. The number of hydrogen-bond donors (Lipinski definition) is 1. The maximum atomic E-state index is 10.5. The van der Waals surface area contributed by atoms with E-state index in [1.807, 2.05) is 0 Å². The van der Waals surface area contributed by atoms with E-state index in [0.29, 0.717) is 0 Å². The average molecular weight is 350 g/mol. The highest BCUT2D eigenvalue weighted by Crippen LogP contribution is 2.37. The second-order valence-electron chi connectivity index (χ2n) is 7.80. The quantitative estimate of drug-likeness (QED) is 0.785. The molecule has 4 nitrogen and oxygen atoms in total. The monoisotopic (exact) mass is 350 g/mol. The first-order valence-electron chi connectivity index (χ1n) is 9.70. The smallest absolute Gasteiger partial charge is 0.0834 e. The van der Waals surface area contributed by atoms with Crippen LogP contribution in [0, 0.1) is 0 Å². The Balaban J connectivity index is 1.28. The van der Waals surface area contributed by atoms with Gasteiger partial charge in [0.15, 0.2) is 0 Å². The minimum atomic E-state index is -0.258. The van der Waals surface area contributed by atoms with Crippen molar-refractivity contribution in [3.05, 3.63) is 59.2 Å². The topological polar surface area (TPSA) is 35.9 Å². The number of aliphatic hydroxyl groups is 1. The lowest BCUT2D eigenvalue weighted by Crippen LogP contribution is -2.48. The van der Waals surface area contributed by atoms with Gasteiger partial charge in [0.25, 0.3) is 0 Å². The van der Waals surface area contributed by atoms with Crippen LogP contribution in [-0.2, 0) is 17.7 Å². The van der Waals surface area contributed by atoms with Gasteiger partial charge in [-0.15, -0.1) is 0 Å². The van der Waals surface area contributed by atoms with Crippen LogP contribution in [0.25, 0.3) is 11.1 Å². The molecule has 0 aromatic heterocycles. The molecular weight excluding hydrogens is 324 g/mol. The first-order chi connectivity index (χ1) is 12.8. The minimum absolute atomic E-state index is 0.248. The SMILES string of the molecule is O[C@H]1CN(Cc2ccc3c(c2)Cc2ccccc2-3)C[C@@H]1N1CCOCC1. The van der Waals surface area contributed by atoms with Crippen molar-refractivity contribution in [1.82, 2.24) is 9.80 Å². The fraction of sp³-hybridized carbons (Fsp3) is 0.455. The molecule has 0 bridgehead atoms. The van der Waals surface area contributed by atoms with Crippen molar-refractivity contribution >= 4 is 0 Å². The number of benzene rings is 2. The lowest BCUT2D eigenvalue weighted by molar-refractivity contribution is -0.00618. The zero-order chi connectivity index (χ0) is 17.5. The molecule has 2 aromatic rings. The van der Waals surface area contributed by atoms with Gasteiger partial charge in [-0.2, -0.15) is 0 Å². The van der Waals surface area contributed by atoms with E-state index in [0.717, 1.165) is 52.4 Å².